The molecule has 2 fully saturated rings. The third kappa shape index (κ3) is 1.19. The molecule has 0 aromatic rings. The van der Waals surface area contributed by atoms with Crippen LogP contribution in [0.2, 0.25) is 0 Å². The van der Waals surface area contributed by atoms with Gasteiger partial charge in [0.2, 0.25) is 0 Å². The molecule has 2 aliphatic rings. The van der Waals surface area contributed by atoms with Gasteiger partial charge in [0, 0.05) is 0 Å². The number of hydrogen-bond donors (Lipinski definition) is 1. The first-order valence-electron chi connectivity index (χ1n) is 5.38. The van der Waals surface area contributed by atoms with Crippen LogP contribution in [0.5, 0.6) is 0 Å². The number of hydrogen-bond acceptors (Lipinski definition) is 1. The van der Waals surface area contributed by atoms with E-state index in [-0.39, 0.29) is 6.10 Å². The van der Waals surface area contributed by atoms with Crippen molar-refractivity contribution in [2.45, 2.75) is 45.6 Å². The standard InChI is InChI=1S/C11H20O/c1-7-4-6-10(12)11-8(2)3-5-9(7)11/h7-12H,3-6H2,1-2H3/t7-,8-,9+,10+,11+/m0/s1. The van der Waals surface area contributed by atoms with Crippen LogP contribution in [-0.2, 0) is 0 Å². The monoisotopic (exact) mass is 168 g/mol. The minimum Gasteiger partial charge on any atom is -0.393 e. The average molecular weight is 168 g/mol. The zero-order valence-electron chi connectivity index (χ0n) is 8.16. The fourth-order valence-electron chi connectivity index (χ4n) is 3.43. The molecule has 0 radical (unpaired) electrons. The summed E-state index contributed by atoms with van der Waals surface area (Å²) in [6, 6.07) is 0. The number of rotatable bonds is 0. The Kier molecular flexibility index (Phi) is 2.16. The fraction of sp³-hybridized carbons (Fsp3) is 1.00. The van der Waals surface area contributed by atoms with Crippen molar-refractivity contribution in [3.63, 3.8) is 0 Å². The summed E-state index contributed by atoms with van der Waals surface area (Å²) in [5, 5.41) is 9.87. The van der Waals surface area contributed by atoms with Gasteiger partial charge < -0.3 is 5.11 Å². The van der Waals surface area contributed by atoms with Gasteiger partial charge in [-0.05, 0) is 42.9 Å². The lowest BCUT2D eigenvalue weighted by molar-refractivity contribution is 0.00619. The van der Waals surface area contributed by atoms with Crippen molar-refractivity contribution >= 4 is 0 Å². The molecule has 2 saturated carbocycles. The van der Waals surface area contributed by atoms with E-state index in [4.69, 9.17) is 0 Å². The predicted molar refractivity (Wildman–Crippen MR) is 49.8 cm³/mol. The van der Waals surface area contributed by atoms with Crippen LogP contribution in [0.4, 0.5) is 0 Å². The third-order valence-corrected chi connectivity index (χ3v) is 4.20. The second-order valence-corrected chi connectivity index (χ2v) is 4.92. The highest BCUT2D eigenvalue weighted by molar-refractivity contribution is 4.93. The van der Waals surface area contributed by atoms with E-state index >= 15 is 0 Å². The van der Waals surface area contributed by atoms with Gasteiger partial charge in [-0.25, -0.2) is 0 Å². The van der Waals surface area contributed by atoms with Crippen LogP contribution < -0.4 is 0 Å². The summed E-state index contributed by atoms with van der Waals surface area (Å²) >= 11 is 0. The van der Waals surface area contributed by atoms with Gasteiger partial charge in [-0.1, -0.05) is 20.3 Å². The van der Waals surface area contributed by atoms with E-state index in [1.165, 1.54) is 19.3 Å². The van der Waals surface area contributed by atoms with Gasteiger partial charge >= 0.3 is 0 Å². The molecule has 0 bridgehead atoms. The largest absolute Gasteiger partial charge is 0.393 e. The first-order valence-corrected chi connectivity index (χ1v) is 5.38. The molecule has 70 valence electrons. The molecular formula is C11H20O. The minimum atomic E-state index is 0.0173. The van der Waals surface area contributed by atoms with E-state index < -0.39 is 0 Å². The highest BCUT2D eigenvalue weighted by Crippen LogP contribution is 2.48. The summed E-state index contributed by atoms with van der Waals surface area (Å²) in [5.41, 5.74) is 0. The van der Waals surface area contributed by atoms with E-state index in [9.17, 15) is 5.11 Å². The van der Waals surface area contributed by atoms with E-state index in [0.29, 0.717) is 5.92 Å². The lowest BCUT2D eigenvalue weighted by Crippen LogP contribution is -2.36. The maximum absolute atomic E-state index is 9.87. The third-order valence-electron chi connectivity index (χ3n) is 4.20. The van der Waals surface area contributed by atoms with Gasteiger partial charge in [-0.15, -0.1) is 0 Å². The first-order chi connectivity index (χ1) is 5.70. The molecule has 5 atom stereocenters. The molecular weight excluding hydrogens is 148 g/mol. The molecule has 2 aliphatic carbocycles. The Hall–Kier alpha value is -0.0400. The van der Waals surface area contributed by atoms with Crippen LogP contribution in [-0.4, -0.2) is 11.2 Å². The fourth-order valence-corrected chi connectivity index (χ4v) is 3.43. The molecule has 12 heavy (non-hydrogen) atoms. The highest BCUT2D eigenvalue weighted by atomic mass is 16.3. The van der Waals surface area contributed by atoms with Crippen LogP contribution in [0, 0.1) is 23.7 Å². The Morgan fingerprint density at radius 3 is 2.25 bits per heavy atom. The van der Waals surface area contributed by atoms with Gasteiger partial charge in [-0.2, -0.15) is 0 Å². The maximum atomic E-state index is 9.87. The molecule has 0 unspecified atom stereocenters. The van der Waals surface area contributed by atoms with E-state index in [2.05, 4.69) is 13.8 Å². The van der Waals surface area contributed by atoms with Gasteiger partial charge in [0.25, 0.3) is 0 Å². The average Bonchev–Trinajstić information content (AvgIpc) is 2.42. The Labute approximate surface area is 75.2 Å². The Balaban J connectivity index is 2.13. The van der Waals surface area contributed by atoms with Gasteiger partial charge in [-0.3, -0.25) is 0 Å². The molecule has 0 aromatic heterocycles. The van der Waals surface area contributed by atoms with Crippen molar-refractivity contribution < 1.29 is 5.11 Å². The van der Waals surface area contributed by atoms with Crippen molar-refractivity contribution in [1.29, 1.82) is 0 Å². The normalized spacial score (nSPS) is 53.8. The Bertz CT molecular complexity index is 166. The molecule has 1 heteroatoms. The topological polar surface area (TPSA) is 20.2 Å². The van der Waals surface area contributed by atoms with Gasteiger partial charge in [0.15, 0.2) is 0 Å². The summed E-state index contributed by atoms with van der Waals surface area (Å²) in [6.07, 6.45) is 5.02. The maximum Gasteiger partial charge on any atom is 0.0573 e. The van der Waals surface area contributed by atoms with Crippen LogP contribution in [0.15, 0.2) is 0 Å². The van der Waals surface area contributed by atoms with Gasteiger partial charge in [0.1, 0.15) is 0 Å². The van der Waals surface area contributed by atoms with Crippen LogP contribution >= 0.6 is 0 Å². The Morgan fingerprint density at radius 1 is 0.917 bits per heavy atom. The molecule has 0 aromatic carbocycles. The van der Waals surface area contributed by atoms with Gasteiger partial charge in [0.05, 0.1) is 6.10 Å². The zero-order chi connectivity index (χ0) is 8.72. The van der Waals surface area contributed by atoms with E-state index in [0.717, 1.165) is 24.2 Å². The van der Waals surface area contributed by atoms with Crippen molar-refractivity contribution in [2.75, 3.05) is 0 Å². The smallest absolute Gasteiger partial charge is 0.0573 e. The highest BCUT2D eigenvalue weighted by Gasteiger charge is 2.43. The van der Waals surface area contributed by atoms with Crippen LogP contribution in [0.3, 0.4) is 0 Å². The van der Waals surface area contributed by atoms with E-state index in [1.807, 2.05) is 0 Å². The minimum absolute atomic E-state index is 0.0173. The molecule has 0 amide bonds. The van der Waals surface area contributed by atoms with Crippen LogP contribution in [0.25, 0.3) is 0 Å². The quantitative estimate of drug-likeness (QED) is 0.589. The van der Waals surface area contributed by atoms with Crippen molar-refractivity contribution in [1.82, 2.24) is 0 Å². The molecule has 2 rings (SSSR count). The molecule has 1 nitrogen and oxygen atoms in total. The summed E-state index contributed by atoms with van der Waals surface area (Å²) < 4.78 is 0. The summed E-state index contributed by atoms with van der Waals surface area (Å²) in [6.45, 7) is 4.67. The van der Waals surface area contributed by atoms with Crippen LogP contribution in [0.1, 0.15) is 39.5 Å². The molecule has 0 aliphatic heterocycles. The van der Waals surface area contributed by atoms with Crippen molar-refractivity contribution in [3.05, 3.63) is 0 Å². The van der Waals surface area contributed by atoms with Crippen molar-refractivity contribution in [3.8, 4) is 0 Å². The zero-order valence-corrected chi connectivity index (χ0v) is 8.16. The summed E-state index contributed by atoms with van der Waals surface area (Å²) in [5.74, 6) is 3.11. The summed E-state index contributed by atoms with van der Waals surface area (Å²) in [7, 11) is 0. The Morgan fingerprint density at radius 2 is 1.58 bits per heavy atom. The SMILES string of the molecule is C[C@H]1CC[C@@H](O)[C@H]2[C@@H]1CC[C@@H]2C. The number of aliphatic hydroxyl groups excluding tert-OH is 1. The second-order valence-electron chi connectivity index (χ2n) is 4.92. The molecule has 1 N–H and O–H groups in total. The second kappa shape index (κ2) is 3.02. The molecule has 0 saturated heterocycles. The molecule has 0 heterocycles. The number of fused-ring (bicyclic) bond motifs is 1. The van der Waals surface area contributed by atoms with Crippen molar-refractivity contribution in [2.24, 2.45) is 23.7 Å². The van der Waals surface area contributed by atoms with E-state index in [1.54, 1.807) is 0 Å². The summed E-state index contributed by atoms with van der Waals surface area (Å²) in [4.78, 5) is 0. The first kappa shape index (κ1) is 8.55. The number of aliphatic hydroxyl groups is 1. The molecule has 0 spiro atoms. The lowest BCUT2D eigenvalue weighted by atomic mass is 9.71. The predicted octanol–water partition coefficient (Wildman–Crippen LogP) is 2.44. The lowest BCUT2D eigenvalue weighted by Gasteiger charge is -2.37.